The minimum absolute atomic E-state index is 0.0627. The van der Waals surface area contributed by atoms with Crippen LogP contribution in [0.5, 0.6) is 0 Å². The summed E-state index contributed by atoms with van der Waals surface area (Å²) < 4.78 is 0. The second-order valence-electron chi connectivity index (χ2n) is 2.97. The van der Waals surface area contributed by atoms with Crippen LogP contribution >= 0.6 is 0 Å². The minimum Gasteiger partial charge on any atom is -0.396 e. The molecule has 0 aliphatic heterocycles. The molecule has 74 valence electrons. The van der Waals surface area contributed by atoms with E-state index in [0.717, 1.165) is 0 Å². The van der Waals surface area contributed by atoms with E-state index in [1.165, 1.54) is 0 Å². The van der Waals surface area contributed by atoms with E-state index in [2.05, 4.69) is 0 Å². The van der Waals surface area contributed by atoms with E-state index in [0.29, 0.717) is 12.8 Å². The van der Waals surface area contributed by atoms with Crippen LogP contribution in [-0.2, 0) is 0 Å². The fraction of sp³-hybridized carbons (Fsp3) is 1.00. The van der Waals surface area contributed by atoms with Gasteiger partial charge in [0.1, 0.15) is 0 Å². The lowest BCUT2D eigenvalue weighted by molar-refractivity contribution is -0.212. The summed E-state index contributed by atoms with van der Waals surface area (Å²) in [5.74, 6) is -2.21. The fourth-order valence-electron chi connectivity index (χ4n) is 1.29. The van der Waals surface area contributed by atoms with Gasteiger partial charge in [-0.15, -0.1) is 0 Å². The van der Waals surface area contributed by atoms with Gasteiger partial charge in [-0.1, -0.05) is 6.92 Å². The van der Waals surface area contributed by atoms with Gasteiger partial charge in [0, 0.05) is 25.6 Å². The molecule has 12 heavy (non-hydrogen) atoms. The smallest absolute Gasteiger partial charge is 0.167 e. The Morgan fingerprint density at radius 2 is 1.75 bits per heavy atom. The zero-order chi connectivity index (χ0) is 9.61. The first-order valence-electron chi connectivity index (χ1n) is 4.25. The molecule has 0 saturated carbocycles. The van der Waals surface area contributed by atoms with Crippen LogP contribution < -0.4 is 0 Å². The van der Waals surface area contributed by atoms with E-state index in [1.54, 1.807) is 0 Å². The van der Waals surface area contributed by atoms with Crippen molar-refractivity contribution in [2.24, 2.45) is 5.92 Å². The number of rotatable bonds is 6. The maximum atomic E-state index is 9.39. The second-order valence-corrected chi connectivity index (χ2v) is 2.97. The average molecular weight is 178 g/mol. The number of aliphatic hydroxyl groups excluding tert-OH is 2. The maximum absolute atomic E-state index is 9.39. The molecular formula is C8H18O4. The predicted molar refractivity (Wildman–Crippen MR) is 44.4 cm³/mol. The zero-order valence-electron chi connectivity index (χ0n) is 7.40. The molecule has 4 N–H and O–H groups in total. The minimum atomic E-state index is -1.84. The Hall–Kier alpha value is -0.160. The average Bonchev–Trinajstić information content (AvgIpc) is 1.99. The Morgan fingerprint density at radius 1 is 1.17 bits per heavy atom. The monoisotopic (exact) mass is 178 g/mol. The van der Waals surface area contributed by atoms with Crippen molar-refractivity contribution in [1.82, 2.24) is 0 Å². The molecule has 0 bridgehead atoms. The van der Waals surface area contributed by atoms with Crippen LogP contribution in [-0.4, -0.2) is 39.4 Å². The van der Waals surface area contributed by atoms with Crippen molar-refractivity contribution >= 4 is 0 Å². The molecule has 4 nitrogen and oxygen atoms in total. The van der Waals surface area contributed by atoms with Gasteiger partial charge >= 0.3 is 0 Å². The quantitative estimate of drug-likeness (QED) is 0.412. The first kappa shape index (κ1) is 11.8. The number of hydrogen-bond acceptors (Lipinski definition) is 4. The largest absolute Gasteiger partial charge is 0.396 e. The van der Waals surface area contributed by atoms with E-state index in [1.807, 2.05) is 6.92 Å². The van der Waals surface area contributed by atoms with E-state index < -0.39 is 5.79 Å². The third-order valence-corrected chi connectivity index (χ3v) is 2.10. The lowest BCUT2D eigenvalue weighted by atomic mass is 9.90. The van der Waals surface area contributed by atoms with E-state index in [4.69, 9.17) is 10.2 Å². The van der Waals surface area contributed by atoms with Crippen molar-refractivity contribution in [3.05, 3.63) is 0 Å². The van der Waals surface area contributed by atoms with Crippen molar-refractivity contribution in [3.8, 4) is 0 Å². The summed E-state index contributed by atoms with van der Waals surface area (Å²) in [6.45, 7) is 1.50. The van der Waals surface area contributed by atoms with Gasteiger partial charge in [-0.25, -0.2) is 0 Å². The molecule has 0 aromatic rings. The van der Waals surface area contributed by atoms with Gasteiger partial charge in [0.15, 0.2) is 5.79 Å². The molecule has 0 aliphatic carbocycles. The Bertz CT molecular complexity index is 114. The predicted octanol–water partition coefficient (Wildman–Crippen LogP) is -0.542. The maximum Gasteiger partial charge on any atom is 0.167 e. The Kier molecular flexibility index (Phi) is 5.41. The Morgan fingerprint density at radius 3 is 2.08 bits per heavy atom. The Balaban J connectivity index is 4.05. The van der Waals surface area contributed by atoms with Gasteiger partial charge in [-0.2, -0.15) is 0 Å². The van der Waals surface area contributed by atoms with Crippen molar-refractivity contribution in [3.63, 3.8) is 0 Å². The highest BCUT2D eigenvalue weighted by Gasteiger charge is 2.31. The summed E-state index contributed by atoms with van der Waals surface area (Å²) in [6.07, 6.45) is 0.864. The highest BCUT2D eigenvalue weighted by molar-refractivity contribution is 4.74. The Labute approximate surface area is 72.5 Å². The summed E-state index contributed by atoms with van der Waals surface area (Å²) in [6, 6.07) is 0. The summed E-state index contributed by atoms with van der Waals surface area (Å²) >= 11 is 0. The lowest BCUT2D eigenvalue weighted by Crippen LogP contribution is -2.38. The molecule has 0 spiro atoms. The molecule has 0 aromatic carbocycles. The molecule has 0 fully saturated rings. The molecule has 4 heteroatoms. The van der Waals surface area contributed by atoms with Crippen molar-refractivity contribution < 1.29 is 20.4 Å². The molecule has 0 unspecified atom stereocenters. The van der Waals surface area contributed by atoms with Gasteiger partial charge in [0.05, 0.1) is 0 Å². The molecule has 0 heterocycles. The van der Waals surface area contributed by atoms with Crippen molar-refractivity contribution in [2.45, 2.75) is 32.0 Å². The highest BCUT2D eigenvalue weighted by atomic mass is 16.5. The molecule has 0 saturated heterocycles. The summed E-state index contributed by atoms with van der Waals surface area (Å²) in [7, 11) is 0. The molecule has 0 radical (unpaired) electrons. The van der Waals surface area contributed by atoms with Gasteiger partial charge in [-0.3, -0.25) is 0 Å². The van der Waals surface area contributed by atoms with E-state index in [9.17, 15) is 10.2 Å². The van der Waals surface area contributed by atoms with Crippen LogP contribution in [0.25, 0.3) is 0 Å². The van der Waals surface area contributed by atoms with Crippen molar-refractivity contribution in [1.29, 1.82) is 0 Å². The van der Waals surface area contributed by atoms with Crippen LogP contribution in [0.3, 0.4) is 0 Å². The third-order valence-electron chi connectivity index (χ3n) is 2.10. The van der Waals surface area contributed by atoms with Crippen LogP contribution in [0.2, 0.25) is 0 Å². The van der Waals surface area contributed by atoms with Crippen molar-refractivity contribution in [2.75, 3.05) is 13.2 Å². The van der Waals surface area contributed by atoms with E-state index in [-0.39, 0.29) is 25.6 Å². The van der Waals surface area contributed by atoms with Gasteiger partial charge in [0.2, 0.25) is 0 Å². The zero-order valence-corrected chi connectivity index (χ0v) is 7.40. The third kappa shape index (κ3) is 3.49. The fourth-order valence-corrected chi connectivity index (χ4v) is 1.29. The summed E-state index contributed by atoms with van der Waals surface area (Å²) in [5.41, 5.74) is 0. The first-order chi connectivity index (χ1) is 5.58. The SMILES string of the molecule is CC[C@H](CCO)C(O)(O)CCO. The number of hydrogen-bond donors (Lipinski definition) is 4. The van der Waals surface area contributed by atoms with Crippen LogP contribution in [0.1, 0.15) is 26.2 Å². The first-order valence-corrected chi connectivity index (χ1v) is 4.25. The van der Waals surface area contributed by atoms with Gasteiger partial charge < -0.3 is 20.4 Å². The molecule has 0 rings (SSSR count). The highest BCUT2D eigenvalue weighted by Crippen LogP contribution is 2.24. The van der Waals surface area contributed by atoms with Gasteiger partial charge in [-0.05, 0) is 12.8 Å². The van der Waals surface area contributed by atoms with Crippen LogP contribution in [0, 0.1) is 5.92 Å². The molecule has 0 amide bonds. The standard InChI is InChI=1S/C8H18O4/c1-2-7(3-5-9)8(11,12)4-6-10/h7,9-12H,2-6H2,1H3/t7-/m1/s1. The second kappa shape index (κ2) is 5.48. The summed E-state index contributed by atoms with van der Waals surface area (Å²) in [4.78, 5) is 0. The lowest BCUT2D eigenvalue weighted by Gasteiger charge is -2.29. The normalized spacial score (nSPS) is 14.8. The molecule has 0 aliphatic rings. The van der Waals surface area contributed by atoms with Crippen LogP contribution in [0.4, 0.5) is 0 Å². The molecule has 0 aromatic heterocycles. The number of aliphatic hydroxyl groups is 4. The molecule has 1 atom stereocenters. The molecular weight excluding hydrogens is 160 g/mol. The topological polar surface area (TPSA) is 80.9 Å². The van der Waals surface area contributed by atoms with Crippen LogP contribution in [0.15, 0.2) is 0 Å². The van der Waals surface area contributed by atoms with E-state index >= 15 is 0 Å². The van der Waals surface area contributed by atoms with Gasteiger partial charge in [0.25, 0.3) is 0 Å². The summed E-state index contributed by atoms with van der Waals surface area (Å²) in [5, 5.41) is 35.9.